The van der Waals surface area contributed by atoms with Crippen molar-refractivity contribution in [2.45, 2.75) is 6.04 Å². The van der Waals surface area contributed by atoms with Crippen LogP contribution in [0.1, 0.15) is 5.56 Å². The summed E-state index contributed by atoms with van der Waals surface area (Å²) in [6, 6.07) is 13.2. The quantitative estimate of drug-likeness (QED) is 0.767. The van der Waals surface area contributed by atoms with Crippen LogP contribution in [0.5, 0.6) is 0 Å². The van der Waals surface area contributed by atoms with E-state index in [-0.39, 0.29) is 0 Å². The second-order valence-electron chi connectivity index (χ2n) is 4.68. The molecule has 1 heterocycles. The van der Waals surface area contributed by atoms with Gasteiger partial charge in [0.15, 0.2) is 0 Å². The van der Waals surface area contributed by atoms with E-state index in [1.54, 1.807) is 21.3 Å². The predicted molar refractivity (Wildman–Crippen MR) is 81.3 cm³/mol. The summed E-state index contributed by atoms with van der Waals surface area (Å²) in [5, 5.41) is 0. The summed E-state index contributed by atoms with van der Waals surface area (Å²) in [6.45, 7) is 0. The molecule has 5 heteroatoms. The van der Waals surface area contributed by atoms with E-state index < -0.39 is 8.80 Å². The third-order valence-corrected chi connectivity index (χ3v) is 6.23. The molecule has 0 radical (unpaired) electrons. The van der Waals surface area contributed by atoms with Gasteiger partial charge in [-0.2, -0.15) is 0 Å². The van der Waals surface area contributed by atoms with Gasteiger partial charge >= 0.3 is 8.80 Å². The molecule has 108 valence electrons. The van der Waals surface area contributed by atoms with Gasteiger partial charge in [0.2, 0.25) is 0 Å². The van der Waals surface area contributed by atoms with Gasteiger partial charge in [0, 0.05) is 46.3 Å². The largest absolute Gasteiger partial charge is 0.504 e. The topological polar surface area (TPSA) is 32.6 Å². The maximum Gasteiger partial charge on any atom is 0.504 e. The first-order valence-electron chi connectivity index (χ1n) is 6.50. The molecular formula is C15H21NO3Si. The summed E-state index contributed by atoms with van der Waals surface area (Å²) in [7, 11) is 4.37. The van der Waals surface area contributed by atoms with Crippen LogP contribution in [0.25, 0.3) is 11.3 Å². The highest BCUT2D eigenvalue weighted by atomic mass is 28.4. The average Bonchev–Trinajstić information content (AvgIpc) is 2.91. The first-order valence-corrected chi connectivity index (χ1v) is 8.43. The number of nitrogens with zero attached hydrogens (tertiary/aromatic N) is 1. The Morgan fingerprint density at radius 3 is 2.25 bits per heavy atom. The van der Waals surface area contributed by atoms with Crippen LogP contribution >= 0.6 is 0 Å². The van der Waals surface area contributed by atoms with Crippen molar-refractivity contribution in [2.24, 2.45) is 7.05 Å². The Bertz CT molecular complexity index is 555. The molecular weight excluding hydrogens is 270 g/mol. The summed E-state index contributed by atoms with van der Waals surface area (Å²) in [5.74, 6) is 0. The zero-order chi connectivity index (χ0) is 14.6. The summed E-state index contributed by atoms with van der Waals surface area (Å²) in [5.41, 5.74) is 3.52. The van der Waals surface area contributed by atoms with Crippen molar-refractivity contribution < 1.29 is 13.3 Å². The van der Waals surface area contributed by atoms with E-state index in [0.29, 0.717) is 6.04 Å². The summed E-state index contributed by atoms with van der Waals surface area (Å²) in [4.78, 5) is 0. The molecule has 0 aliphatic carbocycles. The van der Waals surface area contributed by atoms with Crippen LogP contribution in [-0.2, 0) is 26.4 Å². The van der Waals surface area contributed by atoms with Crippen molar-refractivity contribution in [1.29, 1.82) is 0 Å². The highest BCUT2D eigenvalue weighted by molar-refractivity contribution is 6.60. The molecule has 0 unspecified atom stereocenters. The van der Waals surface area contributed by atoms with Crippen LogP contribution in [0.2, 0.25) is 0 Å². The van der Waals surface area contributed by atoms with Crippen molar-refractivity contribution in [3.63, 3.8) is 0 Å². The molecule has 0 spiro atoms. The second kappa shape index (κ2) is 6.36. The van der Waals surface area contributed by atoms with Gasteiger partial charge in [-0.3, -0.25) is 0 Å². The fourth-order valence-electron chi connectivity index (χ4n) is 2.32. The normalized spacial score (nSPS) is 11.8. The molecule has 4 nitrogen and oxygen atoms in total. The van der Waals surface area contributed by atoms with E-state index in [9.17, 15) is 0 Å². The Labute approximate surface area is 121 Å². The Balaban J connectivity index is 2.29. The minimum atomic E-state index is -2.59. The van der Waals surface area contributed by atoms with Gasteiger partial charge in [0.1, 0.15) is 0 Å². The smallest absolute Gasteiger partial charge is 0.377 e. The van der Waals surface area contributed by atoms with Crippen molar-refractivity contribution >= 4 is 8.80 Å². The minimum absolute atomic E-state index is 0.661. The van der Waals surface area contributed by atoms with Gasteiger partial charge in [-0.05, 0) is 29.3 Å². The van der Waals surface area contributed by atoms with Crippen LogP contribution in [0.4, 0.5) is 0 Å². The lowest BCUT2D eigenvalue weighted by Gasteiger charge is -2.24. The maximum absolute atomic E-state index is 5.48. The Kier molecular flexibility index (Phi) is 4.77. The first-order chi connectivity index (χ1) is 9.64. The molecule has 0 fully saturated rings. The highest BCUT2D eigenvalue weighted by Crippen LogP contribution is 2.22. The number of aryl methyl sites for hydroxylation is 1. The summed E-state index contributed by atoms with van der Waals surface area (Å²) in [6.07, 6.45) is 2.04. The molecule has 2 rings (SSSR count). The van der Waals surface area contributed by atoms with Gasteiger partial charge in [0.05, 0.1) is 0 Å². The van der Waals surface area contributed by atoms with Crippen molar-refractivity contribution in [3.05, 3.63) is 48.2 Å². The molecule has 0 atom stereocenters. The third kappa shape index (κ3) is 3.01. The van der Waals surface area contributed by atoms with E-state index in [0.717, 1.165) is 5.56 Å². The maximum atomic E-state index is 5.48. The zero-order valence-corrected chi connectivity index (χ0v) is 13.4. The minimum Gasteiger partial charge on any atom is -0.377 e. The van der Waals surface area contributed by atoms with E-state index in [2.05, 4.69) is 34.9 Å². The molecule has 1 aromatic carbocycles. The number of hydrogen-bond donors (Lipinski definition) is 0. The number of aromatic nitrogens is 1. The van der Waals surface area contributed by atoms with Crippen molar-refractivity contribution in [3.8, 4) is 11.3 Å². The predicted octanol–water partition coefficient (Wildman–Crippen LogP) is 2.65. The third-order valence-electron chi connectivity index (χ3n) is 3.52. The van der Waals surface area contributed by atoms with E-state index in [4.69, 9.17) is 13.3 Å². The summed E-state index contributed by atoms with van der Waals surface area (Å²) >= 11 is 0. The lowest BCUT2D eigenvalue weighted by Crippen LogP contribution is -2.45. The number of rotatable bonds is 6. The van der Waals surface area contributed by atoms with Crippen LogP contribution in [-0.4, -0.2) is 34.7 Å². The molecule has 0 saturated heterocycles. The molecule has 0 bridgehead atoms. The first kappa shape index (κ1) is 15.0. The molecule has 0 amide bonds. The fourth-order valence-corrected chi connectivity index (χ4v) is 3.97. The van der Waals surface area contributed by atoms with Crippen LogP contribution in [0, 0.1) is 0 Å². The molecule has 0 aliphatic rings. The van der Waals surface area contributed by atoms with Gasteiger partial charge in [0.25, 0.3) is 0 Å². The SMILES string of the molecule is CO[Si](Cc1cccc(-c2cccn2C)c1)(OC)OC. The van der Waals surface area contributed by atoms with Crippen molar-refractivity contribution in [2.75, 3.05) is 21.3 Å². The Morgan fingerprint density at radius 2 is 1.70 bits per heavy atom. The monoisotopic (exact) mass is 291 g/mol. The van der Waals surface area contributed by atoms with Crippen molar-refractivity contribution in [1.82, 2.24) is 4.57 Å². The van der Waals surface area contributed by atoms with E-state index in [1.165, 1.54) is 11.3 Å². The Hall–Kier alpha value is -1.40. The lowest BCUT2D eigenvalue weighted by atomic mass is 10.1. The molecule has 1 aromatic heterocycles. The molecule has 0 saturated carbocycles. The molecule has 0 N–H and O–H groups in total. The van der Waals surface area contributed by atoms with Gasteiger partial charge in [-0.15, -0.1) is 0 Å². The van der Waals surface area contributed by atoms with Crippen LogP contribution in [0.3, 0.4) is 0 Å². The summed E-state index contributed by atoms with van der Waals surface area (Å²) < 4.78 is 18.6. The van der Waals surface area contributed by atoms with Gasteiger partial charge in [-0.1, -0.05) is 18.2 Å². The molecule has 0 aliphatic heterocycles. The molecule has 2 aromatic rings. The van der Waals surface area contributed by atoms with Crippen LogP contribution < -0.4 is 0 Å². The zero-order valence-electron chi connectivity index (χ0n) is 12.4. The van der Waals surface area contributed by atoms with Crippen LogP contribution in [0.15, 0.2) is 42.6 Å². The average molecular weight is 291 g/mol. The molecule has 20 heavy (non-hydrogen) atoms. The van der Waals surface area contributed by atoms with E-state index in [1.807, 2.05) is 19.3 Å². The van der Waals surface area contributed by atoms with Gasteiger partial charge in [-0.25, -0.2) is 0 Å². The Morgan fingerprint density at radius 1 is 1.00 bits per heavy atom. The highest BCUT2D eigenvalue weighted by Gasteiger charge is 2.37. The second-order valence-corrected chi connectivity index (χ2v) is 7.62. The standard InChI is InChI=1S/C15H21NO3Si/c1-16-10-6-9-15(16)14-8-5-7-13(11-14)12-20(17-2,18-3)19-4/h5-11H,12H2,1-4H3. The number of benzene rings is 1. The fraction of sp³-hybridized carbons (Fsp3) is 0.333. The van der Waals surface area contributed by atoms with Gasteiger partial charge < -0.3 is 17.8 Å². The van der Waals surface area contributed by atoms with E-state index >= 15 is 0 Å². The number of hydrogen-bond acceptors (Lipinski definition) is 3. The lowest BCUT2D eigenvalue weighted by molar-refractivity contribution is 0.122.